The predicted molar refractivity (Wildman–Crippen MR) is 88.0 cm³/mol. The standard InChI is InChI=1S/C18H15FN2O4/c19-13-6-1-2-7-15(13)21-9-8-14(17(21)23)20-16(22)11-4-3-5-12(10-11)18(24)25/h1-7,10,14H,8-9H2,(H,20,22)(H,24,25)/t14-/m0/s1. The number of hydrogen-bond acceptors (Lipinski definition) is 3. The molecule has 1 heterocycles. The van der Waals surface area contributed by atoms with Crippen LogP contribution < -0.4 is 10.2 Å². The van der Waals surface area contributed by atoms with Gasteiger partial charge in [0.15, 0.2) is 0 Å². The van der Waals surface area contributed by atoms with Crippen molar-refractivity contribution in [1.29, 1.82) is 0 Å². The molecule has 1 saturated heterocycles. The number of amides is 2. The molecule has 25 heavy (non-hydrogen) atoms. The average molecular weight is 342 g/mol. The van der Waals surface area contributed by atoms with Gasteiger partial charge in [-0.1, -0.05) is 18.2 Å². The lowest BCUT2D eigenvalue weighted by molar-refractivity contribution is -0.118. The summed E-state index contributed by atoms with van der Waals surface area (Å²) >= 11 is 0. The summed E-state index contributed by atoms with van der Waals surface area (Å²) in [6.45, 7) is 0.292. The van der Waals surface area contributed by atoms with Crippen LogP contribution in [-0.4, -0.2) is 35.5 Å². The van der Waals surface area contributed by atoms with Crippen LogP contribution in [0, 0.1) is 5.82 Å². The number of rotatable bonds is 4. The van der Waals surface area contributed by atoms with E-state index in [1.165, 1.54) is 47.4 Å². The van der Waals surface area contributed by atoms with E-state index >= 15 is 0 Å². The summed E-state index contributed by atoms with van der Waals surface area (Å²) in [5, 5.41) is 11.6. The first-order chi connectivity index (χ1) is 12.0. The quantitative estimate of drug-likeness (QED) is 0.890. The van der Waals surface area contributed by atoms with Crippen molar-refractivity contribution in [2.24, 2.45) is 0 Å². The number of para-hydroxylation sites is 1. The Hall–Kier alpha value is -3.22. The third-order valence-electron chi connectivity index (χ3n) is 4.03. The molecule has 1 atom stereocenters. The van der Waals surface area contributed by atoms with Crippen LogP contribution in [-0.2, 0) is 4.79 Å². The highest BCUT2D eigenvalue weighted by Crippen LogP contribution is 2.24. The molecule has 2 aromatic rings. The van der Waals surface area contributed by atoms with Gasteiger partial charge in [0.1, 0.15) is 11.9 Å². The van der Waals surface area contributed by atoms with E-state index in [0.29, 0.717) is 13.0 Å². The Balaban J connectivity index is 1.73. The van der Waals surface area contributed by atoms with Crippen LogP contribution >= 0.6 is 0 Å². The monoisotopic (exact) mass is 342 g/mol. The van der Waals surface area contributed by atoms with Gasteiger partial charge < -0.3 is 15.3 Å². The zero-order valence-electron chi connectivity index (χ0n) is 13.1. The minimum Gasteiger partial charge on any atom is -0.478 e. The number of benzene rings is 2. The van der Waals surface area contributed by atoms with Crippen LogP contribution in [0.5, 0.6) is 0 Å². The minimum atomic E-state index is -1.14. The Morgan fingerprint density at radius 3 is 2.56 bits per heavy atom. The number of nitrogens with one attached hydrogen (secondary N) is 1. The summed E-state index contributed by atoms with van der Waals surface area (Å²) < 4.78 is 13.9. The van der Waals surface area contributed by atoms with Crippen molar-refractivity contribution in [2.75, 3.05) is 11.4 Å². The van der Waals surface area contributed by atoms with E-state index in [9.17, 15) is 18.8 Å². The lowest BCUT2D eigenvalue weighted by Crippen LogP contribution is -2.41. The zero-order valence-corrected chi connectivity index (χ0v) is 13.1. The SMILES string of the molecule is O=C(O)c1cccc(C(=O)N[C@H]2CCN(c3ccccc3F)C2=O)c1. The molecule has 1 aliphatic heterocycles. The number of anilines is 1. The predicted octanol–water partition coefficient (Wildman–Crippen LogP) is 2.06. The van der Waals surface area contributed by atoms with Gasteiger partial charge in [-0.2, -0.15) is 0 Å². The zero-order chi connectivity index (χ0) is 18.0. The van der Waals surface area contributed by atoms with Crippen LogP contribution in [0.25, 0.3) is 0 Å². The van der Waals surface area contributed by atoms with E-state index in [0.717, 1.165) is 0 Å². The first kappa shape index (κ1) is 16.6. The van der Waals surface area contributed by atoms with Crippen molar-refractivity contribution in [3.63, 3.8) is 0 Å². The van der Waals surface area contributed by atoms with Gasteiger partial charge in [-0.25, -0.2) is 9.18 Å². The Morgan fingerprint density at radius 2 is 1.84 bits per heavy atom. The van der Waals surface area contributed by atoms with Crippen molar-refractivity contribution in [1.82, 2.24) is 5.32 Å². The van der Waals surface area contributed by atoms with Gasteiger partial charge in [-0.05, 0) is 36.8 Å². The van der Waals surface area contributed by atoms with Gasteiger partial charge in [-0.15, -0.1) is 0 Å². The fraction of sp³-hybridized carbons (Fsp3) is 0.167. The van der Waals surface area contributed by atoms with Crippen molar-refractivity contribution in [3.05, 3.63) is 65.5 Å². The molecule has 7 heteroatoms. The summed E-state index contributed by atoms with van der Waals surface area (Å²) in [6.07, 6.45) is 0.345. The molecule has 2 N–H and O–H groups in total. The Kier molecular flexibility index (Phi) is 4.47. The summed E-state index contributed by atoms with van der Waals surface area (Å²) in [5.41, 5.74) is 0.313. The third-order valence-corrected chi connectivity index (χ3v) is 4.03. The smallest absolute Gasteiger partial charge is 0.335 e. The number of carboxylic acids is 1. The molecule has 0 bridgehead atoms. The number of nitrogens with zero attached hydrogens (tertiary/aromatic N) is 1. The molecule has 6 nitrogen and oxygen atoms in total. The summed E-state index contributed by atoms with van der Waals surface area (Å²) in [4.78, 5) is 37.0. The average Bonchev–Trinajstić information content (AvgIpc) is 2.96. The summed E-state index contributed by atoms with van der Waals surface area (Å²) in [6, 6.07) is 10.7. The molecule has 0 saturated carbocycles. The lowest BCUT2D eigenvalue weighted by atomic mass is 10.1. The highest BCUT2D eigenvalue weighted by molar-refractivity contribution is 6.04. The van der Waals surface area contributed by atoms with Crippen molar-refractivity contribution in [3.8, 4) is 0 Å². The van der Waals surface area contributed by atoms with Crippen molar-refractivity contribution >= 4 is 23.5 Å². The van der Waals surface area contributed by atoms with E-state index in [-0.39, 0.29) is 16.8 Å². The van der Waals surface area contributed by atoms with E-state index in [1.54, 1.807) is 6.07 Å². The highest BCUT2D eigenvalue weighted by atomic mass is 19.1. The molecule has 0 unspecified atom stereocenters. The Morgan fingerprint density at radius 1 is 1.12 bits per heavy atom. The number of carbonyl (C=O) groups is 3. The lowest BCUT2D eigenvalue weighted by Gasteiger charge is -2.18. The van der Waals surface area contributed by atoms with Crippen LogP contribution in [0.4, 0.5) is 10.1 Å². The number of carboxylic acid groups (broad SMARTS) is 1. The van der Waals surface area contributed by atoms with Gasteiger partial charge in [0, 0.05) is 12.1 Å². The van der Waals surface area contributed by atoms with Gasteiger partial charge in [0.25, 0.3) is 5.91 Å². The minimum absolute atomic E-state index is 0.0154. The number of carbonyl (C=O) groups excluding carboxylic acids is 2. The molecule has 0 aromatic heterocycles. The highest BCUT2D eigenvalue weighted by Gasteiger charge is 2.34. The molecule has 1 aliphatic rings. The van der Waals surface area contributed by atoms with Crippen molar-refractivity contribution in [2.45, 2.75) is 12.5 Å². The summed E-state index contributed by atoms with van der Waals surface area (Å²) in [5.74, 6) is -2.58. The molecule has 0 radical (unpaired) electrons. The molecule has 0 aliphatic carbocycles. The maximum absolute atomic E-state index is 13.9. The van der Waals surface area contributed by atoms with Crippen molar-refractivity contribution < 1.29 is 23.9 Å². The third kappa shape index (κ3) is 3.35. The first-order valence-corrected chi connectivity index (χ1v) is 7.67. The molecule has 2 amide bonds. The van der Waals surface area contributed by atoms with Gasteiger partial charge in [0.2, 0.25) is 5.91 Å². The second-order valence-electron chi connectivity index (χ2n) is 5.64. The van der Waals surface area contributed by atoms with Gasteiger partial charge in [-0.3, -0.25) is 9.59 Å². The summed E-state index contributed by atoms with van der Waals surface area (Å²) in [7, 11) is 0. The molecular weight excluding hydrogens is 327 g/mol. The van der Waals surface area contributed by atoms with E-state index in [2.05, 4.69) is 5.32 Å². The topological polar surface area (TPSA) is 86.7 Å². The van der Waals surface area contributed by atoms with E-state index in [4.69, 9.17) is 5.11 Å². The van der Waals surface area contributed by atoms with Crippen LogP contribution in [0.3, 0.4) is 0 Å². The van der Waals surface area contributed by atoms with Crippen LogP contribution in [0.1, 0.15) is 27.1 Å². The van der Waals surface area contributed by atoms with Gasteiger partial charge in [0.05, 0.1) is 11.3 Å². The fourth-order valence-electron chi connectivity index (χ4n) is 2.76. The molecule has 3 rings (SSSR count). The molecular formula is C18H15FN2O4. The van der Waals surface area contributed by atoms with Crippen LogP contribution in [0.2, 0.25) is 0 Å². The fourth-order valence-corrected chi connectivity index (χ4v) is 2.76. The number of hydrogen-bond donors (Lipinski definition) is 2. The largest absolute Gasteiger partial charge is 0.478 e. The first-order valence-electron chi connectivity index (χ1n) is 7.67. The van der Waals surface area contributed by atoms with E-state index < -0.39 is 29.6 Å². The van der Waals surface area contributed by atoms with Crippen LogP contribution in [0.15, 0.2) is 48.5 Å². The molecule has 2 aromatic carbocycles. The molecule has 1 fully saturated rings. The normalized spacial score (nSPS) is 16.8. The molecule has 0 spiro atoms. The van der Waals surface area contributed by atoms with Gasteiger partial charge >= 0.3 is 5.97 Å². The van der Waals surface area contributed by atoms with E-state index in [1.807, 2.05) is 0 Å². The maximum atomic E-state index is 13.9. The Labute approximate surface area is 142 Å². The second-order valence-corrected chi connectivity index (χ2v) is 5.64. The Bertz CT molecular complexity index is 852. The maximum Gasteiger partial charge on any atom is 0.335 e. The second kappa shape index (κ2) is 6.72. The number of halogens is 1. The molecule has 128 valence electrons. The number of aromatic carboxylic acids is 1.